The molecule has 2 N–H and O–H groups in total. The van der Waals surface area contributed by atoms with Crippen LogP contribution in [0.4, 0.5) is 4.79 Å². The molecule has 2 amide bonds. The first-order valence-corrected chi connectivity index (χ1v) is 9.71. The van der Waals surface area contributed by atoms with Crippen LogP contribution in [0.3, 0.4) is 0 Å². The summed E-state index contributed by atoms with van der Waals surface area (Å²) in [5.41, 5.74) is 1.61. The molecule has 1 heterocycles. The molecular formula is C18H29N3O5S. The summed E-state index contributed by atoms with van der Waals surface area (Å²) in [4.78, 5) is 41.0. The van der Waals surface area contributed by atoms with Gasteiger partial charge in [-0.15, -0.1) is 11.3 Å². The van der Waals surface area contributed by atoms with Crippen LogP contribution in [-0.2, 0) is 25.5 Å². The quantitative estimate of drug-likeness (QED) is 0.650. The van der Waals surface area contributed by atoms with Crippen molar-refractivity contribution in [3.8, 4) is 0 Å². The van der Waals surface area contributed by atoms with Gasteiger partial charge in [0.2, 0.25) is 5.91 Å². The van der Waals surface area contributed by atoms with Crippen molar-refractivity contribution in [1.82, 2.24) is 15.6 Å². The Balaban J connectivity index is 2.90. The number of esters is 1. The van der Waals surface area contributed by atoms with Crippen molar-refractivity contribution in [2.75, 3.05) is 7.11 Å². The number of aromatic nitrogens is 1. The molecule has 0 radical (unpaired) electrons. The summed E-state index contributed by atoms with van der Waals surface area (Å²) in [6.07, 6.45) is -0.102. The van der Waals surface area contributed by atoms with Crippen LogP contribution in [0.1, 0.15) is 46.7 Å². The Morgan fingerprint density at radius 3 is 2.33 bits per heavy atom. The summed E-state index contributed by atoms with van der Waals surface area (Å²) < 4.78 is 10.0. The van der Waals surface area contributed by atoms with E-state index in [1.165, 1.54) is 18.4 Å². The highest BCUT2D eigenvalue weighted by atomic mass is 32.1. The lowest BCUT2D eigenvalue weighted by atomic mass is 10.0. The average molecular weight is 400 g/mol. The minimum absolute atomic E-state index is 0.171. The number of amides is 2. The van der Waals surface area contributed by atoms with Gasteiger partial charge in [0.15, 0.2) is 0 Å². The van der Waals surface area contributed by atoms with Crippen LogP contribution < -0.4 is 10.6 Å². The van der Waals surface area contributed by atoms with Crippen LogP contribution >= 0.6 is 11.3 Å². The first-order valence-electron chi connectivity index (χ1n) is 8.76. The van der Waals surface area contributed by atoms with Crippen molar-refractivity contribution in [1.29, 1.82) is 0 Å². The van der Waals surface area contributed by atoms with E-state index >= 15 is 0 Å². The van der Waals surface area contributed by atoms with Crippen LogP contribution in [0.2, 0.25) is 0 Å². The van der Waals surface area contributed by atoms with Crippen molar-refractivity contribution in [2.24, 2.45) is 5.92 Å². The molecule has 152 valence electrons. The molecule has 0 aromatic carbocycles. The zero-order valence-corrected chi connectivity index (χ0v) is 17.5. The molecule has 0 saturated heterocycles. The summed E-state index contributed by atoms with van der Waals surface area (Å²) in [5, 5.41) is 7.03. The highest BCUT2D eigenvalue weighted by molar-refractivity contribution is 7.07. The first-order chi connectivity index (χ1) is 12.5. The van der Waals surface area contributed by atoms with Gasteiger partial charge in [-0.05, 0) is 33.1 Å². The van der Waals surface area contributed by atoms with Gasteiger partial charge in [-0.1, -0.05) is 13.8 Å². The Morgan fingerprint density at radius 2 is 1.85 bits per heavy atom. The van der Waals surface area contributed by atoms with Crippen LogP contribution in [0.15, 0.2) is 10.9 Å². The number of hydrogen-bond acceptors (Lipinski definition) is 7. The van der Waals surface area contributed by atoms with Gasteiger partial charge in [0, 0.05) is 11.8 Å². The molecule has 2 atom stereocenters. The Bertz CT molecular complexity index is 625. The molecule has 0 aliphatic rings. The number of hydrogen-bond donors (Lipinski definition) is 2. The lowest BCUT2D eigenvalue weighted by Gasteiger charge is -2.25. The second kappa shape index (κ2) is 10.2. The maximum Gasteiger partial charge on any atom is 0.408 e. The van der Waals surface area contributed by atoms with Crippen LogP contribution in [0, 0.1) is 5.92 Å². The van der Waals surface area contributed by atoms with Crippen LogP contribution in [0.5, 0.6) is 0 Å². The van der Waals surface area contributed by atoms with E-state index in [0.717, 1.165) is 0 Å². The molecule has 1 aromatic heterocycles. The normalized spacial score (nSPS) is 13.6. The SMILES string of the molecule is COC(=O)C(CC(C)C)NC(=O)[C@H](Cc1cscn1)NC(=O)OC(C)(C)C. The monoisotopic (exact) mass is 399 g/mol. The molecule has 1 rings (SSSR count). The van der Waals surface area contributed by atoms with Crippen molar-refractivity contribution in [3.05, 3.63) is 16.6 Å². The lowest BCUT2D eigenvalue weighted by Crippen LogP contribution is -2.53. The smallest absolute Gasteiger partial charge is 0.408 e. The van der Waals surface area contributed by atoms with E-state index < -0.39 is 35.7 Å². The molecule has 0 bridgehead atoms. The number of ether oxygens (including phenoxy) is 2. The van der Waals surface area contributed by atoms with Crippen molar-refractivity contribution in [2.45, 2.75) is 65.1 Å². The van der Waals surface area contributed by atoms with Crippen molar-refractivity contribution in [3.63, 3.8) is 0 Å². The number of rotatable bonds is 8. The minimum atomic E-state index is -0.929. The predicted octanol–water partition coefficient (Wildman–Crippen LogP) is 2.28. The molecule has 0 aliphatic heterocycles. The number of carbonyl (C=O) groups excluding carboxylic acids is 3. The second-order valence-corrected chi connectivity index (χ2v) is 8.32. The van der Waals surface area contributed by atoms with Gasteiger partial charge in [-0.25, -0.2) is 14.6 Å². The fraction of sp³-hybridized carbons (Fsp3) is 0.667. The average Bonchev–Trinajstić information content (AvgIpc) is 3.03. The van der Waals surface area contributed by atoms with E-state index in [2.05, 4.69) is 15.6 Å². The van der Waals surface area contributed by atoms with E-state index in [9.17, 15) is 14.4 Å². The topological polar surface area (TPSA) is 107 Å². The van der Waals surface area contributed by atoms with Gasteiger partial charge in [0.05, 0.1) is 18.3 Å². The van der Waals surface area contributed by atoms with Gasteiger partial charge >= 0.3 is 12.1 Å². The number of nitrogens with zero attached hydrogens (tertiary/aromatic N) is 1. The number of alkyl carbamates (subject to hydrolysis) is 1. The third kappa shape index (κ3) is 8.85. The van der Waals surface area contributed by atoms with E-state index in [0.29, 0.717) is 12.1 Å². The third-order valence-corrected chi connectivity index (χ3v) is 4.05. The fourth-order valence-electron chi connectivity index (χ4n) is 2.31. The fourth-order valence-corrected chi connectivity index (χ4v) is 2.88. The van der Waals surface area contributed by atoms with Gasteiger partial charge in [-0.2, -0.15) is 0 Å². The number of nitrogens with one attached hydrogen (secondary N) is 2. The number of carbonyl (C=O) groups is 3. The Kier molecular flexibility index (Phi) is 8.68. The number of thiazole rings is 1. The van der Waals surface area contributed by atoms with Gasteiger partial charge in [-0.3, -0.25) is 4.79 Å². The van der Waals surface area contributed by atoms with E-state index in [1.807, 2.05) is 13.8 Å². The predicted molar refractivity (Wildman–Crippen MR) is 102 cm³/mol. The summed E-state index contributed by atoms with van der Waals surface area (Å²) in [6, 6.07) is -1.72. The van der Waals surface area contributed by atoms with Crippen molar-refractivity contribution < 1.29 is 23.9 Å². The lowest BCUT2D eigenvalue weighted by molar-refractivity contribution is -0.145. The molecule has 27 heavy (non-hydrogen) atoms. The highest BCUT2D eigenvalue weighted by Crippen LogP contribution is 2.11. The molecule has 9 heteroatoms. The summed E-state index contributed by atoms with van der Waals surface area (Å²) in [6.45, 7) is 9.08. The Morgan fingerprint density at radius 1 is 1.19 bits per heavy atom. The summed E-state index contributed by atoms with van der Waals surface area (Å²) in [7, 11) is 1.27. The molecule has 1 unspecified atom stereocenters. The van der Waals surface area contributed by atoms with Gasteiger partial charge < -0.3 is 20.1 Å². The molecule has 1 aromatic rings. The van der Waals surface area contributed by atoms with Crippen molar-refractivity contribution >= 4 is 29.3 Å². The minimum Gasteiger partial charge on any atom is -0.467 e. The third-order valence-electron chi connectivity index (χ3n) is 3.41. The Hall–Kier alpha value is -2.16. The molecule has 0 saturated carbocycles. The molecule has 0 fully saturated rings. The maximum absolute atomic E-state index is 12.8. The standard InChI is InChI=1S/C18H29N3O5S/c1-11(2)7-14(16(23)25-6)20-15(22)13(8-12-9-27-10-19-12)21-17(24)26-18(3,4)5/h9-11,13-14H,7-8H2,1-6H3,(H,20,22)(H,21,24)/t13-,14?/m0/s1. The number of methoxy groups -OCH3 is 1. The first kappa shape index (κ1) is 22.9. The molecular weight excluding hydrogens is 370 g/mol. The van der Waals surface area contributed by atoms with Crippen LogP contribution in [0.25, 0.3) is 0 Å². The summed E-state index contributed by atoms with van der Waals surface area (Å²) in [5.74, 6) is -0.850. The zero-order valence-electron chi connectivity index (χ0n) is 16.7. The van der Waals surface area contributed by atoms with E-state index in [4.69, 9.17) is 9.47 Å². The summed E-state index contributed by atoms with van der Waals surface area (Å²) >= 11 is 1.39. The largest absolute Gasteiger partial charge is 0.467 e. The zero-order chi connectivity index (χ0) is 20.6. The highest BCUT2D eigenvalue weighted by Gasteiger charge is 2.29. The molecule has 0 spiro atoms. The van der Waals surface area contributed by atoms with E-state index in [1.54, 1.807) is 31.7 Å². The van der Waals surface area contributed by atoms with Gasteiger partial charge in [0.25, 0.3) is 0 Å². The second-order valence-electron chi connectivity index (χ2n) is 7.60. The van der Waals surface area contributed by atoms with Crippen LogP contribution in [-0.4, -0.2) is 47.7 Å². The van der Waals surface area contributed by atoms with Gasteiger partial charge in [0.1, 0.15) is 17.7 Å². The molecule has 8 nitrogen and oxygen atoms in total. The maximum atomic E-state index is 12.8. The molecule has 0 aliphatic carbocycles. The van der Waals surface area contributed by atoms with E-state index in [-0.39, 0.29) is 12.3 Å². The Labute approximate surface area is 164 Å².